The summed E-state index contributed by atoms with van der Waals surface area (Å²) in [6, 6.07) is -4.21. The Morgan fingerprint density at radius 1 is 0.968 bits per heavy atom. The van der Waals surface area contributed by atoms with Crippen LogP contribution < -0.4 is 27.4 Å². The fourth-order valence-electron chi connectivity index (χ4n) is 2.46. The van der Waals surface area contributed by atoms with Gasteiger partial charge in [0, 0.05) is 12.2 Å². The smallest absolute Gasteiger partial charge is 0.326 e. The van der Waals surface area contributed by atoms with E-state index in [1.807, 2.05) is 6.26 Å². The first-order valence-electron chi connectivity index (χ1n) is 9.72. The van der Waals surface area contributed by atoms with Crippen molar-refractivity contribution in [3.63, 3.8) is 0 Å². The minimum Gasteiger partial charge on any atom is -0.480 e. The van der Waals surface area contributed by atoms with Gasteiger partial charge in [0.25, 0.3) is 0 Å². The summed E-state index contributed by atoms with van der Waals surface area (Å²) in [5.74, 6) is -3.56. The molecule has 11 nitrogen and oxygen atoms in total. The van der Waals surface area contributed by atoms with E-state index in [0.29, 0.717) is 5.75 Å². The number of nitrogens with two attached hydrogens (primary N) is 2. The van der Waals surface area contributed by atoms with Gasteiger partial charge < -0.3 is 32.5 Å². The number of aliphatic carboxylic acids is 1. The molecule has 178 valence electrons. The van der Waals surface area contributed by atoms with Gasteiger partial charge in [-0.3, -0.25) is 19.2 Å². The van der Waals surface area contributed by atoms with Crippen LogP contribution in [0.2, 0.25) is 0 Å². The minimum atomic E-state index is -1.33. The molecule has 0 fully saturated rings. The molecule has 0 aliphatic heterocycles. The van der Waals surface area contributed by atoms with Crippen LogP contribution >= 0.6 is 24.4 Å². The minimum absolute atomic E-state index is 0.0961. The van der Waals surface area contributed by atoms with E-state index >= 15 is 0 Å². The van der Waals surface area contributed by atoms with E-state index in [9.17, 15) is 29.1 Å². The van der Waals surface area contributed by atoms with Gasteiger partial charge in [0.15, 0.2) is 0 Å². The first kappa shape index (κ1) is 29.0. The molecule has 0 radical (unpaired) electrons. The lowest BCUT2D eigenvalue weighted by Gasteiger charge is -2.26. The maximum absolute atomic E-state index is 12.8. The molecule has 4 unspecified atom stereocenters. The van der Waals surface area contributed by atoms with Crippen molar-refractivity contribution in [3.05, 3.63) is 0 Å². The fraction of sp³-hybridized carbons (Fsp3) is 0.722. The molecule has 0 aliphatic carbocycles. The third kappa shape index (κ3) is 11.3. The van der Waals surface area contributed by atoms with E-state index in [1.54, 1.807) is 13.8 Å². The highest BCUT2D eigenvalue weighted by molar-refractivity contribution is 7.98. The van der Waals surface area contributed by atoms with Crippen molar-refractivity contribution in [2.45, 2.75) is 57.3 Å². The average Bonchev–Trinajstić information content (AvgIpc) is 2.70. The lowest BCUT2D eigenvalue weighted by atomic mass is 10.0. The molecule has 0 aromatic heterocycles. The molecule has 0 spiro atoms. The highest BCUT2D eigenvalue weighted by Crippen LogP contribution is 2.07. The van der Waals surface area contributed by atoms with Crippen molar-refractivity contribution >= 4 is 54.0 Å². The van der Waals surface area contributed by atoms with Crippen molar-refractivity contribution in [2.75, 3.05) is 17.8 Å². The van der Waals surface area contributed by atoms with Gasteiger partial charge in [-0.25, -0.2) is 4.79 Å². The van der Waals surface area contributed by atoms with Gasteiger partial charge >= 0.3 is 5.97 Å². The number of carbonyl (C=O) groups excluding carboxylic acids is 4. The molecule has 0 aromatic carbocycles. The predicted octanol–water partition coefficient (Wildman–Crippen LogP) is -1.54. The number of primary amides is 1. The maximum Gasteiger partial charge on any atom is 0.326 e. The van der Waals surface area contributed by atoms with Gasteiger partial charge in [0.2, 0.25) is 23.6 Å². The third-order valence-electron chi connectivity index (χ3n) is 4.32. The number of carboxylic acid groups (broad SMARTS) is 1. The van der Waals surface area contributed by atoms with Gasteiger partial charge in [-0.05, 0) is 30.8 Å². The van der Waals surface area contributed by atoms with Crippen LogP contribution in [0.1, 0.15) is 33.1 Å². The quantitative estimate of drug-likeness (QED) is 0.137. The van der Waals surface area contributed by atoms with E-state index in [2.05, 4.69) is 28.6 Å². The van der Waals surface area contributed by atoms with Crippen LogP contribution in [-0.2, 0) is 24.0 Å². The summed E-state index contributed by atoms with van der Waals surface area (Å²) in [5, 5.41) is 16.8. The monoisotopic (exact) mass is 479 g/mol. The Balaban J connectivity index is 5.35. The van der Waals surface area contributed by atoms with Crippen LogP contribution in [0.25, 0.3) is 0 Å². The summed E-state index contributed by atoms with van der Waals surface area (Å²) < 4.78 is 0. The Kier molecular flexibility index (Phi) is 14.0. The van der Waals surface area contributed by atoms with Gasteiger partial charge in [-0.15, -0.1) is 0 Å². The second-order valence-corrected chi connectivity index (χ2v) is 8.62. The second kappa shape index (κ2) is 14.9. The SMILES string of the molecule is CSCCC(NC(=O)C(NC(=O)C(N)CS)C(C)C)C(=O)NC(CCC(N)=O)C(=O)O. The Morgan fingerprint density at radius 2 is 1.55 bits per heavy atom. The standard InChI is InChI=1S/C18H33N5O6S2/c1-9(2)14(23-15(25)10(19)8-30)17(27)21-11(6-7-31-3)16(26)22-12(18(28)29)4-5-13(20)24/h9-12,14,30H,4-8,19H2,1-3H3,(H2,20,24)(H,21,27)(H,22,26)(H,23,25)(H,28,29). The molecular weight excluding hydrogens is 446 g/mol. The lowest BCUT2D eigenvalue weighted by molar-refractivity contribution is -0.142. The first-order valence-corrected chi connectivity index (χ1v) is 11.7. The largest absolute Gasteiger partial charge is 0.480 e. The van der Waals surface area contributed by atoms with Crippen LogP contribution in [0.3, 0.4) is 0 Å². The zero-order valence-corrected chi connectivity index (χ0v) is 19.6. The molecule has 0 aromatic rings. The molecule has 0 saturated heterocycles. The van der Waals surface area contributed by atoms with Gasteiger partial charge in [-0.2, -0.15) is 24.4 Å². The number of hydrogen-bond donors (Lipinski definition) is 7. The highest BCUT2D eigenvalue weighted by atomic mass is 32.2. The summed E-state index contributed by atoms with van der Waals surface area (Å²) in [6.07, 6.45) is 1.66. The number of nitrogens with one attached hydrogen (secondary N) is 3. The number of rotatable bonds is 15. The Hall–Kier alpha value is -1.99. The molecule has 0 rings (SSSR count). The van der Waals surface area contributed by atoms with E-state index < -0.39 is 53.8 Å². The summed E-state index contributed by atoms with van der Waals surface area (Å²) in [6.45, 7) is 3.44. The summed E-state index contributed by atoms with van der Waals surface area (Å²) in [4.78, 5) is 59.9. The molecule has 0 heterocycles. The Labute approximate surface area is 191 Å². The van der Waals surface area contributed by atoms with Crippen LogP contribution in [0.5, 0.6) is 0 Å². The van der Waals surface area contributed by atoms with Crippen LogP contribution in [0.15, 0.2) is 0 Å². The van der Waals surface area contributed by atoms with Crippen molar-refractivity contribution in [3.8, 4) is 0 Å². The fourth-order valence-corrected chi connectivity index (χ4v) is 3.10. The topological polar surface area (TPSA) is 194 Å². The Bertz CT molecular complexity index is 649. The first-order chi connectivity index (χ1) is 14.4. The van der Waals surface area contributed by atoms with Crippen molar-refractivity contribution in [1.82, 2.24) is 16.0 Å². The van der Waals surface area contributed by atoms with Crippen LogP contribution in [0, 0.1) is 5.92 Å². The number of carbonyl (C=O) groups is 5. The van der Waals surface area contributed by atoms with Crippen molar-refractivity contribution < 1.29 is 29.1 Å². The molecule has 13 heteroatoms. The van der Waals surface area contributed by atoms with E-state index in [1.165, 1.54) is 11.8 Å². The molecule has 31 heavy (non-hydrogen) atoms. The molecule has 0 saturated carbocycles. The van der Waals surface area contributed by atoms with E-state index in [4.69, 9.17) is 11.5 Å². The molecule has 4 atom stereocenters. The van der Waals surface area contributed by atoms with Gasteiger partial charge in [-0.1, -0.05) is 13.8 Å². The third-order valence-corrected chi connectivity index (χ3v) is 5.36. The summed E-state index contributed by atoms with van der Waals surface area (Å²) in [5.41, 5.74) is 10.7. The number of thiol groups is 1. The van der Waals surface area contributed by atoms with Crippen molar-refractivity contribution in [2.24, 2.45) is 17.4 Å². The van der Waals surface area contributed by atoms with Crippen LogP contribution in [0.4, 0.5) is 0 Å². The molecular formula is C18H33N5O6S2. The summed E-state index contributed by atoms with van der Waals surface area (Å²) in [7, 11) is 0. The maximum atomic E-state index is 12.8. The molecule has 0 bridgehead atoms. The normalized spacial score (nSPS) is 14.8. The average molecular weight is 480 g/mol. The van der Waals surface area contributed by atoms with Crippen molar-refractivity contribution in [1.29, 1.82) is 0 Å². The second-order valence-electron chi connectivity index (χ2n) is 7.27. The zero-order valence-electron chi connectivity index (χ0n) is 17.9. The zero-order chi connectivity index (χ0) is 24.1. The Morgan fingerprint density at radius 3 is 2.00 bits per heavy atom. The summed E-state index contributed by atoms with van der Waals surface area (Å²) >= 11 is 5.40. The number of hydrogen-bond acceptors (Lipinski definition) is 8. The molecule has 0 aliphatic rings. The van der Waals surface area contributed by atoms with E-state index in [-0.39, 0.29) is 30.9 Å². The lowest BCUT2D eigenvalue weighted by Crippen LogP contribution is -2.58. The van der Waals surface area contributed by atoms with Crippen LogP contribution in [-0.4, -0.2) is 76.6 Å². The number of thioether (sulfide) groups is 1. The van der Waals surface area contributed by atoms with E-state index in [0.717, 1.165) is 0 Å². The molecule has 4 amide bonds. The highest BCUT2D eigenvalue weighted by Gasteiger charge is 2.31. The number of carboxylic acids is 1. The molecule has 8 N–H and O–H groups in total. The van der Waals surface area contributed by atoms with Gasteiger partial charge in [0.05, 0.1) is 6.04 Å². The predicted molar refractivity (Wildman–Crippen MR) is 122 cm³/mol. The van der Waals surface area contributed by atoms with Gasteiger partial charge in [0.1, 0.15) is 18.1 Å². The number of amides is 4.